The maximum absolute atomic E-state index is 11.9. The minimum absolute atomic E-state index is 0.0386. The first kappa shape index (κ1) is 16.5. The fourth-order valence-electron chi connectivity index (χ4n) is 2.57. The van der Waals surface area contributed by atoms with Crippen LogP contribution < -0.4 is 5.32 Å². The van der Waals surface area contributed by atoms with Gasteiger partial charge in [-0.2, -0.15) is 0 Å². The van der Waals surface area contributed by atoms with Gasteiger partial charge in [-0.25, -0.2) is 0 Å². The number of hydrogen-bond acceptors (Lipinski definition) is 3. The van der Waals surface area contributed by atoms with E-state index in [0.29, 0.717) is 12.8 Å². The Balaban J connectivity index is 2.59. The van der Waals surface area contributed by atoms with E-state index in [2.05, 4.69) is 5.32 Å². The summed E-state index contributed by atoms with van der Waals surface area (Å²) in [4.78, 5) is 36.3. The zero-order valence-corrected chi connectivity index (χ0v) is 12.3. The molecule has 0 aromatic rings. The van der Waals surface area contributed by atoms with Crippen molar-refractivity contribution in [2.45, 2.75) is 44.9 Å². The number of carbonyl (C=O) groups is 3. The van der Waals surface area contributed by atoms with Gasteiger partial charge in [0.1, 0.15) is 0 Å². The van der Waals surface area contributed by atoms with Crippen LogP contribution in [0.2, 0.25) is 0 Å². The molecule has 1 aliphatic rings. The van der Waals surface area contributed by atoms with Gasteiger partial charge < -0.3 is 15.3 Å². The molecular formula is C14H24N2O4. The predicted molar refractivity (Wildman–Crippen MR) is 74.1 cm³/mol. The molecule has 6 heteroatoms. The highest BCUT2D eigenvalue weighted by Gasteiger charge is 2.40. The molecule has 114 valence electrons. The molecular weight excluding hydrogens is 260 g/mol. The molecule has 20 heavy (non-hydrogen) atoms. The number of hydrogen-bond donors (Lipinski definition) is 2. The fourth-order valence-corrected chi connectivity index (χ4v) is 2.57. The van der Waals surface area contributed by atoms with Crippen LogP contribution in [0.4, 0.5) is 0 Å². The van der Waals surface area contributed by atoms with Crippen LogP contribution in [0.5, 0.6) is 0 Å². The van der Waals surface area contributed by atoms with Crippen LogP contribution in [0.25, 0.3) is 0 Å². The van der Waals surface area contributed by atoms with Gasteiger partial charge in [0.25, 0.3) is 0 Å². The molecule has 1 rings (SSSR count). The van der Waals surface area contributed by atoms with Crippen LogP contribution >= 0.6 is 0 Å². The van der Waals surface area contributed by atoms with E-state index in [4.69, 9.17) is 0 Å². The molecule has 0 spiro atoms. The van der Waals surface area contributed by atoms with E-state index in [1.54, 1.807) is 14.1 Å². The molecule has 1 aliphatic carbocycles. The highest BCUT2D eigenvalue weighted by molar-refractivity contribution is 5.88. The summed E-state index contributed by atoms with van der Waals surface area (Å²) in [6, 6.07) is 0. The number of carbonyl (C=O) groups excluding carboxylic acids is 2. The molecule has 1 fully saturated rings. The van der Waals surface area contributed by atoms with Crippen molar-refractivity contribution in [1.82, 2.24) is 10.2 Å². The molecule has 2 amide bonds. The van der Waals surface area contributed by atoms with Crippen LogP contribution in [0, 0.1) is 5.41 Å². The van der Waals surface area contributed by atoms with E-state index in [1.165, 1.54) is 4.90 Å². The Morgan fingerprint density at radius 3 is 2.10 bits per heavy atom. The quantitative estimate of drug-likeness (QED) is 0.738. The largest absolute Gasteiger partial charge is 0.481 e. The van der Waals surface area contributed by atoms with Crippen LogP contribution in [-0.4, -0.2) is 48.4 Å². The zero-order chi connectivity index (χ0) is 15.2. The molecule has 0 aromatic heterocycles. The van der Waals surface area contributed by atoms with Crippen molar-refractivity contribution in [3.8, 4) is 0 Å². The molecule has 0 unspecified atom stereocenters. The number of nitrogens with one attached hydrogen (secondary N) is 1. The van der Waals surface area contributed by atoms with Gasteiger partial charge in [-0.15, -0.1) is 0 Å². The third kappa shape index (κ3) is 4.51. The molecule has 0 aliphatic heterocycles. The van der Waals surface area contributed by atoms with Gasteiger partial charge in [0.05, 0.1) is 12.0 Å². The number of rotatable bonds is 5. The summed E-state index contributed by atoms with van der Waals surface area (Å²) in [7, 11) is 3.22. The van der Waals surface area contributed by atoms with Crippen molar-refractivity contribution in [2.75, 3.05) is 20.6 Å². The molecule has 2 N–H and O–H groups in total. The Hall–Kier alpha value is -1.59. The van der Waals surface area contributed by atoms with Gasteiger partial charge in [0, 0.05) is 20.5 Å². The molecule has 0 radical (unpaired) electrons. The molecule has 6 nitrogen and oxygen atoms in total. The summed E-state index contributed by atoms with van der Waals surface area (Å²) in [5.41, 5.74) is -0.957. The number of aliphatic carboxylic acids is 1. The normalized spacial score (nSPS) is 17.9. The Kier molecular flexibility index (Phi) is 5.98. The number of amides is 2. The van der Waals surface area contributed by atoms with Gasteiger partial charge in [-0.05, 0) is 12.8 Å². The van der Waals surface area contributed by atoms with E-state index in [1.807, 2.05) is 0 Å². The summed E-state index contributed by atoms with van der Waals surface area (Å²) in [6.07, 6.45) is 4.77. The Morgan fingerprint density at radius 2 is 1.65 bits per heavy atom. The molecule has 0 atom stereocenters. The summed E-state index contributed by atoms with van der Waals surface area (Å²) >= 11 is 0. The number of carboxylic acids is 1. The Labute approximate surface area is 119 Å². The van der Waals surface area contributed by atoms with Gasteiger partial charge in [0.15, 0.2) is 0 Å². The zero-order valence-electron chi connectivity index (χ0n) is 12.3. The highest BCUT2D eigenvalue weighted by atomic mass is 16.4. The first-order valence-electron chi connectivity index (χ1n) is 7.08. The number of carboxylic acid groups (broad SMARTS) is 1. The van der Waals surface area contributed by atoms with E-state index < -0.39 is 11.4 Å². The summed E-state index contributed by atoms with van der Waals surface area (Å²) in [5, 5.41) is 12.0. The average Bonchev–Trinajstić information content (AvgIpc) is 2.62. The minimum Gasteiger partial charge on any atom is -0.481 e. The van der Waals surface area contributed by atoms with Gasteiger partial charge >= 0.3 is 5.97 Å². The third-order valence-electron chi connectivity index (χ3n) is 3.95. The smallest absolute Gasteiger partial charge is 0.310 e. The average molecular weight is 284 g/mol. The second kappa shape index (κ2) is 7.26. The van der Waals surface area contributed by atoms with Gasteiger partial charge in [-0.3, -0.25) is 14.4 Å². The molecule has 0 aromatic carbocycles. The number of nitrogens with zero attached hydrogens (tertiary/aromatic N) is 1. The molecule has 0 heterocycles. The standard InChI is InChI=1S/C14H24N2O4/c1-16(2)12(18)10-15-11(17)9-14(13(19)20)7-5-3-4-6-8-14/h3-10H2,1-2H3,(H,15,17)(H,19,20). The predicted octanol–water partition coefficient (Wildman–Crippen LogP) is 1.01. The van der Waals surface area contributed by atoms with E-state index in [0.717, 1.165) is 25.7 Å². The fraction of sp³-hybridized carbons (Fsp3) is 0.786. The van der Waals surface area contributed by atoms with Crippen molar-refractivity contribution in [3.05, 3.63) is 0 Å². The van der Waals surface area contributed by atoms with Crippen molar-refractivity contribution >= 4 is 17.8 Å². The lowest BCUT2D eigenvalue weighted by Crippen LogP contribution is -2.41. The maximum atomic E-state index is 11.9. The van der Waals surface area contributed by atoms with Crippen LogP contribution in [-0.2, 0) is 14.4 Å². The van der Waals surface area contributed by atoms with Gasteiger partial charge in [0.2, 0.25) is 11.8 Å². The summed E-state index contributed by atoms with van der Waals surface area (Å²) in [6.45, 7) is -0.0818. The summed E-state index contributed by atoms with van der Waals surface area (Å²) in [5.74, 6) is -1.46. The SMILES string of the molecule is CN(C)C(=O)CNC(=O)CC1(C(=O)O)CCCCCC1. The lowest BCUT2D eigenvalue weighted by atomic mass is 9.77. The molecule has 0 saturated heterocycles. The minimum atomic E-state index is -0.957. The topological polar surface area (TPSA) is 86.7 Å². The number of likely N-dealkylation sites (N-methyl/N-ethyl adjacent to an activating group) is 1. The lowest BCUT2D eigenvalue weighted by Gasteiger charge is -2.27. The second-order valence-electron chi connectivity index (χ2n) is 5.74. The van der Waals surface area contributed by atoms with Crippen molar-refractivity contribution in [2.24, 2.45) is 5.41 Å². The van der Waals surface area contributed by atoms with Crippen molar-refractivity contribution in [3.63, 3.8) is 0 Å². The van der Waals surface area contributed by atoms with Crippen LogP contribution in [0.3, 0.4) is 0 Å². The van der Waals surface area contributed by atoms with Gasteiger partial charge in [-0.1, -0.05) is 25.7 Å². The van der Waals surface area contributed by atoms with Crippen LogP contribution in [0.1, 0.15) is 44.9 Å². The third-order valence-corrected chi connectivity index (χ3v) is 3.95. The van der Waals surface area contributed by atoms with Crippen LogP contribution in [0.15, 0.2) is 0 Å². The van der Waals surface area contributed by atoms with E-state index >= 15 is 0 Å². The Bertz CT molecular complexity index is 371. The lowest BCUT2D eigenvalue weighted by molar-refractivity contribution is -0.152. The molecule has 0 bridgehead atoms. The monoisotopic (exact) mass is 284 g/mol. The Morgan fingerprint density at radius 1 is 1.10 bits per heavy atom. The summed E-state index contributed by atoms with van der Waals surface area (Å²) < 4.78 is 0. The van der Waals surface area contributed by atoms with Crippen molar-refractivity contribution in [1.29, 1.82) is 0 Å². The van der Waals surface area contributed by atoms with Crippen molar-refractivity contribution < 1.29 is 19.5 Å². The van der Waals surface area contributed by atoms with E-state index in [9.17, 15) is 19.5 Å². The first-order valence-corrected chi connectivity index (χ1v) is 7.08. The van der Waals surface area contributed by atoms with E-state index in [-0.39, 0.29) is 24.8 Å². The molecule has 1 saturated carbocycles. The maximum Gasteiger partial charge on any atom is 0.310 e. The highest BCUT2D eigenvalue weighted by Crippen LogP contribution is 2.38. The first-order chi connectivity index (χ1) is 9.37. The second-order valence-corrected chi connectivity index (χ2v) is 5.74.